The molecule has 0 spiro atoms. The fourth-order valence-electron chi connectivity index (χ4n) is 1.41. The molecule has 1 heterocycles. The Labute approximate surface area is 113 Å². The van der Waals surface area contributed by atoms with E-state index in [0.29, 0.717) is 12.5 Å². The van der Waals surface area contributed by atoms with Gasteiger partial charge in [0.05, 0.1) is 0 Å². The molecule has 2 rings (SSSR count). The Morgan fingerprint density at radius 2 is 2.05 bits per heavy atom. The van der Waals surface area contributed by atoms with Crippen LogP contribution >= 0.6 is 0 Å². The van der Waals surface area contributed by atoms with Crippen molar-refractivity contribution < 1.29 is 13.4 Å². The van der Waals surface area contributed by atoms with Crippen LogP contribution in [0.4, 0.5) is 0 Å². The van der Waals surface area contributed by atoms with Gasteiger partial charge in [0.1, 0.15) is 23.2 Å². The highest BCUT2D eigenvalue weighted by Crippen LogP contribution is 2.21. The van der Waals surface area contributed by atoms with Crippen molar-refractivity contribution in [2.75, 3.05) is 26.5 Å². The summed E-state index contributed by atoms with van der Waals surface area (Å²) in [4.78, 5) is 0. The van der Waals surface area contributed by atoms with Gasteiger partial charge in [0, 0.05) is 18.4 Å². The van der Waals surface area contributed by atoms with Crippen LogP contribution in [0.25, 0.3) is 11.5 Å². The van der Waals surface area contributed by atoms with Gasteiger partial charge in [-0.1, -0.05) is 5.10 Å². The minimum Gasteiger partial charge on any atom is -0.492 e. The molecule has 1 N–H and O–H groups in total. The summed E-state index contributed by atoms with van der Waals surface area (Å²) >= 11 is 0. The number of likely N-dealkylation sites (N-methyl/N-ethyl adjacent to an activating group) is 1. The molecule has 0 saturated heterocycles. The van der Waals surface area contributed by atoms with E-state index in [1.54, 1.807) is 0 Å². The molecular formula is C12H15N3O3S. The molecule has 1 atom stereocenters. The smallest absolute Gasteiger partial charge is 0.307 e. The van der Waals surface area contributed by atoms with Crippen LogP contribution in [-0.4, -0.2) is 40.9 Å². The first kappa shape index (κ1) is 13.7. The molecule has 0 amide bonds. The van der Waals surface area contributed by atoms with Gasteiger partial charge in [-0.3, -0.25) is 0 Å². The van der Waals surface area contributed by atoms with Gasteiger partial charge in [-0.05, 0) is 31.3 Å². The maximum atomic E-state index is 11.2. The van der Waals surface area contributed by atoms with Crippen molar-refractivity contribution in [1.82, 2.24) is 15.5 Å². The molecule has 1 unspecified atom stereocenters. The lowest BCUT2D eigenvalue weighted by Gasteiger charge is -2.05. The monoisotopic (exact) mass is 281 g/mol. The lowest BCUT2D eigenvalue weighted by molar-refractivity contribution is 0.318. The summed E-state index contributed by atoms with van der Waals surface area (Å²) in [5, 5.41) is 10.7. The van der Waals surface area contributed by atoms with Gasteiger partial charge in [-0.15, -0.1) is 5.10 Å². The number of aromatic nitrogens is 2. The highest BCUT2D eigenvalue weighted by molar-refractivity contribution is 7.84. The zero-order chi connectivity index (χ0) is 13.7. The van der Waals surface area contributed by atoms with E-state index in [1.807, 2.05) is 31.3 Å². The molecule has 0 saturated carbocycles. The highest BCUT2D eigenvalue weighted by atomic mass is 32.2. The fraction of sp³-hybridized carbons (Fsp3) is 0.333. The number of hydrogen-bond donors (Lipinski definition) is 1. The van der Waals surface area contributed by atoms with Gasteiger partial charge in [-0.2, -0.15) is 0 Å². The Hall–Kier alpha value is -1.73. The SMILES string of the molecule is CNCCOc1ccc(-c2nnc(S(C)=O)o2)cc1. The summed E-state index contributed by atoms with van der Waals surface area (Å²) in [5.74, 6) is 1.13. The van der Waals surface area contributed by atoms with Crippen LogP contribution in [-0.2, 0) is 10.8 Å². The van der Waals surface area contributed by atoms with E-state index in [0.717, 1.165) is 17.9 Å². The zero-order valence-corrected chi connectivity index (χ0v) is 11.6. The third kappa shape index (κ3) is 3.62. The normalized spacial score (nSPS) is 12.3. The third-order valence-corrected chi connectivity index (χ3v) is 3.03. The number of ether oxygens (including phenoxy) is 1. The van der Waals surface area contributed by atoms with Gasteiger partial charge < -0.3 is 14.5 Å². The summed E-state index contributed by atoms with van der Waals surface area (Å²) in [5.41, 5.74) is 0.769. The number of rotatable bonds is 6. The quantitative estimate of drug-likeness (QED) is 0.798. The Kier molecular flexibility index (Phi) is 4.64. The zero-order valence-electron chi connectivity index (χ0n) is 10.8. The van der Waals surface area contributed by atoms with Gasteiger partial charge in [0.2, 0.25) is 5.89 Å². The molecule has 7 heteroatoms. The van der Waals surface area contributed by atoms with E-state index in [2.05, 4.69) is 15.5 Å². The predicted molar refractivity (Wildman–Crippen MR) is 71.5 cm³/mol. The van der Waals surface area contributed by atoms with Gasteiger partial charge >= 0.3 is 5.22 Å². The molecule has 1 aromatic heterocycles. The summed E-state index contributed by atoms with van der Waals surface area (Å²) < 4.78 is 22.0. The second-order valence-electron chi connectivity index (χ2n) is 3.80. The van der Waals surface area contributed by atoms with Crippen molar-refractivity contribution in [3.63, 3.8) is 0 Å². The van der Waals surface area contributed by atoms with Crippen LogP contribution in [0.1, 0.15) is 0 Å². The van der Waals surface area contributed by atoms with Crippen molar-refractivity contribution in [3.05, 3.63) is 24.3 Å². The molecule has 0 aliphatic carbocycles. The average molecular weight is 281 g/mol. The fourth-order valence-corrected chi connectivity index (χ4v) is 1.76. The Balaban J connectivity index is 2.06. The van der Waals surface area contributed by atoms with Crippen LogP contribution < -0.4 is 10.1 Å². The van der Waals surface area contributed by atoms with Crippen LogP contribution in [0, 0.1) is 0 Å². The highest BCUT2D eigenvalue weighted by Gasteiger charge is 2.10. The van der Waals surface area contributed by atoms with E-state index in [1.165, 1.54) is 6.26 Å². The molecule has 2 aromatic rings. The minimum absolute atomic E-state index is 0.129. The first-order chi connectivity index (χ1) is 9.20. The number of benzene rings is 1. The molecule has 0 aliphatic rings. The standard InChI is InChI=1S/C12H15N3O3S/c1-13-7-8-17-10-5-3-9(4-6-10)11-14-15-12(18-11)19(2)16/h3-6,13H,7-8H2,1-2H3. The molecule has 102 valence electrons. The van der Waals surface area contributed by atoms with Crippen molar-refractivity contribution in [3.8, 4) is 17.2 Å². The Morgan fingerprint density at radius 3 is 2.63 bits per heavy atom. The van der Waals surface area contributed by atoms with E-state index < -0.39 is 10.8 Å². The summed E-state index contributed by atoms with van der Waals surface area (Å²) in [6.07, 6.45) is 1.50. The topological polar surface area (TPSA) is 77.2 Å². The third-order valence-electron chi connectivity index (χ3n) is 2.37. The number of hydrogen-bond acceptors (Lipinski definition) is 6. The molecule has 0 aliphatic heterocycles. The van der Waals surface area contributed by atoms with Crippen molar-refractivity contribution in [2.45, 2.75) is 5.22 Å². The lowest BCUT2D eigenvalue weighted by atomic mass is 10.2. The second-order valence-corrected chi connectivity index (χ2v) is 5.06. The lowest BCUT2D eigenvalue weighted by Crippen LogP contribution is -2.15. The van der Waals surface area contributed by atoms with Crippen LogP contribution in [0.2, 0.25) is 0 Å². The van der Waals surface area contributed by atoms with Crippen LogP contribution in [0.3, 0.4) is 0 Å². The largest absolute Gasteiger partial charge is 0.492 e. The Bertz CT molecular complexity index is 554. The van der Waals surface area contributed by atoms with E-state index in [9.17, 15) is 4.21 Å². The molecule has 6 nitrogen and oxygen atoms in total. The predicted octanol–water partition coefficient (Wildman–Crippen LogP) is 1.07. The molecular weight excluding hydrogens is 266 g/mol. The summed E-state index contributed by atoms with van der Waals surface area (Å²) in [6.45, 7) is 1.40. The first-order valence-electron chi connectivity index (χ1n) is 5.75. The summed E-state index contributed by atoms with van der Waals surface area (Å²) in [7, 11) is 0.609. The molecule has 0 bridgehead atoms. The number of nitrogens with one attached hydrogen (secondary N) is 1. The molecule has 19 heavy (non-hydrogen) atoms. The Morgan fingerprint density at radius 1 is 1.32 bits per heavy atom. The van der Waals surface area contributed by atoms with Crippen molar-refractivity contribution in [1.29, 1.82) is 0 Å². The van der Waals surface area contributed by atoms with Gasteiger partial charge in [0.15, 0.2) is 0 Å². The first-order valence-corrected chi connectivity index (χ1v) is 7.31. The van der Waals surface area contributed by atoms with Crippen LogP contribution in [0.5, 0.6) is 5.75 Å². The summed E-state index contributed by atoms with van der Waals surface area (Å²) in [6, 6.07) is 7.31. The van der Waals surface area contributed by atoms with Crippen molar-refractivity contribution >= 4 is 10.8 Å². The van der Waals surface area contributed by atoms with Crippen LogP contribution in [0.15, 0.2) is 33.9 Å². The average Bonchev–Trinajstić information content (AvgIpc) is 2.90. The van der Waals surface area contributed by atoms with Gasteiger partial charge in [0.25, 0.3) is 0 Å². The second kappa shape index (κ2) is 6.44. The number of nitrogens with zero attached hydrogens (tertiary/aromatic N) is 2. The molecule has 0 fully saturated rings. The maximum absolute atomic E-state index is 11.2. The van der Waals surface area contributed by atoms with E-state index >= 15 is 0 Å². The van der Waals surface area contributed by atoms with Crippen molar-refractivity contribution in [2.24, 2.45) is 0 Å². The minimum atomic E-state index is -1.26. The molecule has 0 radical (unpaired) electrons. The van der Waals surface area contributed by atoms with Gasteiger partial charge in [-0.25, -0.2) is 4.21 Å². The molecule has 1 aromatic carbocycles. The van der Waals surface area contributed by atoms with E-state index in [-0.39, 0.29) is 5.22 Å². The van der Waals surface area contributed by atoms with E-state index in [4.69, 9.17) is 9.15 Å². The maximum Gasteiger partial charge on any atom is 0.307 e.